The zero-order valence-corrected chi connectivity index (χ0v) is 15.8. The summed E-state index contributed by atoms with van der Waals surface area (Å²) in [4.78, 5) is 80.3. The Morgan fingerprint density at radius 1 is 0.733 bits per heavy atom. The lowest BCUT2D eigenvalue weighted by Crippen LogP contribution is -2.57. The quantitative estimate of drug-likeness (QED) is 0.129. The Balaban J connectivity index is 5.41. The largest absolute Gasteiger partial charge is 0.481 e. The molecule has 0 aromatic heterocycles. The van der Waals surface area contributed by atoms with Gasteiger partial charge in [-0.2, -0.15) is 0 Å². The van der Waals surface area contributed by atoms with Gasteiger partial charge in [0.25, 0.3) is 0 Å². The highest BCUT2D eigenvalue weighted by molar-refractivity contribution is 5.97. The van der Waals surface area contributed by atoms with E-state index < -0.39 is 79.0 Å². The number of carbonyl (C=O) groups excluding carboxylic acids is 5. The van der Waals surface area contributed by atoms with Gasteiger partial charge in [0.1, 0.15) is 18.1 Å². The van der Waals surface area contributed by atoms with Crippen molar-refractivity contribution in [1.29, 1.82) is 0 Å². The topological polar surface area (TPSA) is 274 Å². The first-order chi connectivity index (χ1) is 13.9. The van der Waals surface area contributed by atoms with Gasteiger partial charge in [0.15, 0.2) is 0 Å². The molecule has 15 heteroatoms. The van der Waals surface area contributed by atoms with Crippen molar-refractivity contribution >= 4 is 41.5 Å². The summed E-state index contributed by atoms with van der Waals surface area (Å²) in [7, 11) is 0. The average Bonchev–Trinajstić information content (AvgIpc) is 2.62. The van der Waals surface area contributed by atoms with Crippen LogP contribution in [0.1, 0.15) is 25.7 Å². The lowest BCUT2D eigenvalue weighted by molar-refractivity contribution is -0.143. The second kappa shape index (κ2) is 12.7. The Morgan fingerprint density at radius 3 is 1.63 bits per heavy atom. The molecular formula is C15H24N6O9. The van der Waals surface area contributed by atoms with Crippen molar-refractivity contribution < 1.29 is 43.8 Å². The minimum atomic E-state index is -1.68. The van der Waals surface area contributed by atoms with Crippen LogP contribution in [0.15, 0.2) is 0 Å². The van der Waals surface area contributed by atoms with Crippen LogP contribution in [0.5, 0.6) is 0 Å². The fourth-order valence-corrected chi connectivity index (χ4v) is 2.14. The molecule has 11 N–H and O–H groups in total. The molecule has 0 heterocycles. The van der Waals surface area contributed by atoms with E-state index in [1.165, 1.54) is 0 Å². The number of nitrogens with one attached hydrogen (secondary N) is 3. The molecule has 0 saturated carbocycles. The summed E-state index contributed by atoms with van der Waals surface area (Å²) < 4.78 is 0. The molecule has 0 spiro atoms. The minimum absolute atomic E-state index is 0.359. The number of hydrogen-bond donors (Lipinski definition) is 8. The van der Waals surface area contributed by atoms with Crippen molar-refractivity contribution in [3.8, 4) is 0 Å². The molecule has 3 atom stereocenters. The van der Waals surface area contributed by atoms with Gasteiger partial charge in [-0.25, -0.2) is 4.79 Å². The van der Waals surface area contributed by atoms with Gasteiger partial charge in [-0.3, -0.25) is 28.8 Å². The van der Waals surface area contributed by atoms with E-state index in [4.69, 9.17) is 27.4 Å². The predicted octanol–water partition coefficient (Wildman–Crippen LogP) is -4.90. The predicted molar refractivity (Wildman–Crippen MR) is 97.0 cm³/mol. The van der Waals surface area contributed by atoms with Crippen LogP contribution >= 0.6 is 0 Å². The van der Waals surface area contributed by atoms with Crippen molar-refractivity contribution in [2.45, 2.75) is 43.8 Å². The maximum atomic E-state index is 12.4. The molecule has 0 aromatic rings. The fourth-order valence-electron chi connectivity index (χ4n) is 2.14. The minimum Gasteiger partial charge on any atom is -0.481 e. The van der Waals surface area contributed by atoms with Gasteiger partial charge in [-0.1, -0.05) is 0 Å². The number of rotatable bonds is 14. The number of carboxylic acids is 2. The number of primary amides is 2. The van der Waals surface area contributed by atoms with E-state index in [1.807, 2.05) is 16.0 Å². The molecule has 0 rings (SSSR count). The van der Waals surface area contributed by atoms with Crippen molar-refractivity contribution in [3.63, 3.8) is 0 Å². The third-order valence-corrected chi connectivity index (χ3v) is 3.55. The summed E-state index contributed by atoms with van der Waals surface area (Å²) in [6, 6.07) is -4.88. The Bertz CT molecular complexity index is 711. The number of amides is 5. The Kier molecular flexibility index (Phi) is 11.1. The number of carboxylic acid groups (broad SMARTS) is 2. The van der Waals surface area contributed by atoms with E-state index in [1.54, 1.807) is 0 Å². The lowest BCUT2D eigenvalue weighted by atomic mass is 10.1. The molecule has 3 unspecified atom stereocenters. The Labute approximate surface area is 169 Å². The smallest absolute Gasteiger partial charge is 0.326 e. The number of nitrogens with two attached hydrogens (primary N) is 3. The van der Waals surface area contributed by atoms with E-state index in [-0.39, 0.29) is 12.8 Å². The van der Waals surface area contributed by atoms with E-state index in [2.05, 4.69) is 0 Å². The number of aliphatic carboxylic acids is 2. The van der Waals surface area contributed by atoms with Crippen molar-refractivity contribution in [3.05, 3.63) is 0 Å². The molecule has 0 aliphatic carbocycles. The van der Waals surface area contributed by atoms with Crippen molar-refractivity contribution in [2.75, 3.05) is 6.54 Å². The van der Waals surface area contributed by atoms with Crippen molar-refractivity contribution in [2.24, 2.45) is 17.2 Å². The molecular weight excluding hydrogens is 408 g/mol. The van der Waals surface area contributed by atoms with Gasteiger partial charge in [0.2, 0.25) is 29.5 Å². The molecule has 0 fully saturated rings. The third-order valence-electron chi connectivity index (χ3n) is 3.55. The van der Waals surface area contributed by atoms with Crippen LogP contribution in [-0.4, -0.2) is 76.4 Å². The highest BCUT2D eigenvalue weighted by Gasteiger charge is 2.31. The van der Waals surface area contributed by atoms with Crippen LogP contribution in [-0.2, 0) is 33.6 Å². The summed E-state index contributed by atoms with van der Waals surface area (Å²) in [5, 5.41) is 24.1. The summed E-state index contributed by atoms with van der Waals surface area (Å²) in [5.74, 6) is -7.97. The van der Waals surface area contributed by atoms with Crippen LogP contribution in [0, 0.1) is 0 Å². The standard InChI is InChI=1S/C15H24N6O9/c16-5-11(24)19-8(4-12(25)26)14(28)21-7(3-10(18)23)13(27)20-6(15(29)30)1-2-9(17)22/h6-8H,1-5,16H2,(H2,17,22)(H2,18,23)(H,19,24)(H,20,27)(H,21,28)(H,25,26)(H,29,30). The third kappa shape index (κ3) is 10.5. The van der Waals surface area contributed by atoms with E-state index in [0.717, 1.165) is 0 Å². The maximum Gasteiger partial charge on any atom is 0.326 e. The first kappa shape index (κ1) is 26.2. The highest BCUT2D eigenvalue weighted by Crippen LogP contribution is 2.02. The first-order valence-electron chi connectivity index (χ1n) is 8.48. The molecule has 0 aliphatic heterocycles. The van der Waals surface area contributed by atoms with Gasteiger partial charge in [-0.15, -0.1) is 0 Å². The van der Waals surface area contributed by atoms with E-state index in [0.29, 0.717) is 0 Å². The van der Waals surface area contributed by atoms with Gasteiger partial charge < -0.3 is 43.4 Å². The second-order valence-corrected chi connectivity index (χ2v) is 6.06. The zero-order valence-electron chi connectivity index (χ0n) is 15.8. The number of hydrogen-bond acceptors (Lipinski definition) is 8. The van der Waals surface area contributed by atoms with Crippen LogP contribution in [0.25, 0.3) is 0 Å². The van der Waals surface area contributed by atoms with Crippen LogP contribution in [0.2, 0.25) is 0 Å². The maximum absolute atomic E-state index is 12.4. The van der Waals surface area contributed by atoms with Crippen LogP contribution in [0.3, 0.4) is 0 Å². The van der Waals surface area contributed by atoms with E-state index in [9.17, 15) is 33.6 Å². The molecule has 30 heavy (non-hydrogen) atoms. The van der Waals surface area contributed by atoms with Crippen LogP contribution in [0.4, 0.5) is 0 Å². The molecule has 0 aromatic carbocycles. The van der Waals surface area contributed by atoms with Crippen molar-refractivity contribution in [1.82, 2.24) is 16.0 Å². The number of carbonyl (C=O) groups is 7. The van der Waals surface area contributed by atoms with Gasteiger partial charge >= 0.3 is 11.9 Å². The highest BCUT2D eigenvalue weighted by atomic mass is 16.4. The molecule has 0 radical (unpaired) electrons. The SMILES string of the molecule is NCC(=O)NC(CC(=O)O)C(=O)NC(CC(N)=O)C(=O)NC(CCC(N)=O)C(=O)O. The molecule has 168 valence electrons. The van der Waals surface area contributed by atoms with Gasteiger partial charge in [0, 0.05) is 6.42 Å². The average molecular weight is 432 g/mol. The van der Waals surface area contributed by atoms with Gasteiger partial charge in [0.05, 0.1) is 19.4 Å². The Morgan fingerprint density at radius 2 is 1.23 bits per heavy atom. The Hall–Kier alpha value is -3.75. The molecule has 0 aliphatic rings. The fraction of sp³-hybridized carbons (Fsp3) is 0.533. The van der Waals surface area contributed by atoms with Crippen LogP contribution < -0.4 is 33.2 Å². The molecule has 5 amide bonds. The zero-order chi connectivity index (χ0) is 23.4. The van der Waals surface area contributed by atoms with Gasteiger partial charge in [-0.05, 0) is 6.42 Å². The normalized spacial score (nSPS) is 13.2. The van der Waals surface area contributed by atoms with E-state index >= 15 is 0 Å². The second-order valence-electron chi connectivity index (χ2n) is 6.06. The summed E-state index contributed by atoms with van der Waals surface area (Å²) >= 11 is 0. The summed E-state index contributed by atoms with van der Waals surface area (Å²) in [6.07, 6.45) is -2.35. The lowest BCUT2D eigenvalue weighted by Gasteiger charge is -2.23. The molecule has 15 nitrogen and oxygen atoms in total. The first-order valence-corrected chi connectivity index (χ1v) is 8.48. The molecule has 0 saturated heterocycles. The summed E-state index contributed by atoms with van der Waals surface area (Å²) in [6.45, 7) is -0.547. The molecule has 0 bridgehead atoms. The monoisotopic (exact) mass is 432 g/mol. The summed E-state index contributed by atoms with van der Waals surface area (Å²) in [5.41, 5.74) is 15.1.